The molecule has 3 aromatic rings. The molecule has 0 spiro atoms. The Labute approximate surface area is 159 Å². The molecule has 0 aliphatic rings. The fourth-order valence-electron chi connectivity index (χ4n) is 2.45. The van der Waals surface area contributed by atoms with Crippen molar-refractivity contribution in [1.29, 1.82) is 0 Å². The van der Waals surface area contributed by atoms with Crippen molar-refractivity contribution in [3.05, 3.63) is 58.1 Å². The number of nitro groups is 1. The van der Waals surface area contributed by atoms with Gasteiger partial charge in [0, 0.05) is 22.9 Å². The highest BCUT2D eigenvalue weighted by Gasteiger charge is 2.17. The molecule has 9 heteroatoms. The van der Waals surface area contributed by atoms with Crippen LogP contribution in [-0.4, -0.2) is 29.3 Å². The van der Waals surface area contributed by atoms with E-state index in [2.05, 4.69) is 10.2 Å². The van der Waals surface area contributed by atoms with Gasteiger partial charge in [0.2, 0.25) is 5.89 Å². The normalized spacial score (nSPS) is 11.8. The van der Waals surface area contributed by atoms with Crippen LogP contribution >= 0.6 is 11.8 Å². The van der Waals surface area contributed by atoms with Crippen LogP contribution in [0.3, 0.4) is 0 Å². The highest BCUT2D eigenvalue weighted by Crippen LogP contribution is 2.37. The van der Waals surface area contributed by atoms with Crippen molar-refractivity contribution in [2.75, 3.05) is 14.2 Å². The van der Waals surface area contributed by atoms with Crippen LogP contribution in [0.2, 0.25) is 0 Å². The van der Waals surface area contributed by atoms with Gasteiger partial charge in [0.25, 0.3) is 10.9 Å². The summed E-state index contributed by atoms with van der Waals surface area (Å²) in [6.07, 6.45) is 0. The number of nitrogens with zero attached hydrogens (tertiary/aromatic N) is 3. The standard InChI is InChI=1S/C18H17N3O5S/c1-11(12-5-4-6-14(9-12)21(22)23)27-18-20-19-17(26-18)13-7-8-15(24-2)16(10-13)25-3/h4-11H,1-3H3/t11-/m1/s1. The number of nitro benzene ring substituents is 1. The van der Waals surface area contributed by atoms with Crippen LogP contribution in [0.15, 0.2) is 52.1 Å². The van der Waals surface area contributed by atoms with Gasteiger partial charge in [0.1, 0.15) is 0 Å². The number of hydrogen-bond acceptors (Lipinski definition) is 8. The predicted octanol–water partition coefficient (Wildman–Crippen LogP) is 4.52. The molecule has 0 aliphatic carbocycles. The summed E-state index contributed by atoms with van der Waals surface area (Å²) in [7, 11) is 3.12. The third-order valence-electron chi connectivity index (χ3n) is 3.86. The van der Waals surface area contributed by atoms with Crippen LogP contribution in [0.4, 0.5) is 5.69 Å². The zero-order chi connectivity index (χ0) is 19.4. The SMILES string of the molecule is COc1ccc(-c2nnc(S[C@H](C)c3cccc([N+](=O)[O-])c3)o2)cc1OC. The van der Waals surface area contributed by atoms with E-state index in [0.717, 1.165) is 5.56 Å². The first kappa shape index (κ1) is 18.7. The van der Waals surface area contributed by atoms with Gasteiger partial charge < -0.3 is 13.9 Å². The molecule has 0 saturated carbocycles. The molecule has 0 aliphatic heterocycles. The van der Waals surface area contributed by atoms with E-state index in [9.17, 15) is 10.1 Å². The maximum Gasteiger partial charge on any atom is 0.277 e. The molecule has 0 bridgehead atoms. The van der Waals surface area contributed by atoms with Gasteiger partial charge >= 0.3 is 0 Å². The zero-order valence-electron chi connectivity index (χ0n) is 14.9. The molecule has 2 aromatic carbocycles. The van der Waals surface area contributed by atoms with Gasteiger partial charge in [-0.3, -0.25) is 10.1 Å². The van der Waals surface area contributed by atoms with Crippen molar-refractivity contribution in [3.63, 3.8) is 0 Å². The van der Waals surface area contributed by atoms with Crippen molar-refractivity contribution in [2.24, 2.45) is 0 Å². The average Bonchev–Trinajstić information content (AvgIpc) is 3.15. The lowest BCUT2D eigenvalue weighted by Crippen LogP contribution is -1.92. The second-order valence-electron chi connectivity index (χ2n) is 5.56. The van der Waals surface area contributed by atoms with Gasteiger partial charge in [-0.2, -0.15) is 0 Å². The molecule has 0 amide bonds. The minimum atomic E-state index is -0.414. The summed E-state index contributed by atoms with van der Waals surface area (Å²) in [4.78, 5) is 10.5. The predicted molar refractivity (Wildman–Crippen MR) is 100 cm³/mol. The fourth-order valence-corrected chi connectivity index (χ4v) is 3.25. The number of methoxy groups -OCH3 is 2. The summed E-state index contributed by atoms with van der Waals surface area (Å²) in [6.45, 7) is 1.92. The van der Waals surface area contributed by atoms with Crippen molar-refractivity contribution in [1.82, 2.24) is 10.2 Å². The van der Waals surface area contributed by atoms with E-state index in [4.69, 9.17) is 13.9 Å². The summed E-state index contributed by atoms with van der Waals surface area (Å²) in [5, 5.41) is 19.3. The Bertz CT molecular complexity index is 960. The number of aromatic nitrogens is 2. The van der Waals surface area contributed by atoms with Crippen LogP contribution in [-0.2, 0) is 0 Å². The second-order valence-corrected chi connectivity index (χ2v) is 6.85. The van der Waals surface area contributed by atoms with Crippen LogP contribution in [0.1, 0.15) is 17.7 Å². The third-order valence-corrected chi connectivity index (χ3v) is 4.86. The lowest BCUT2D eigenvalue weighted by Gasteiger charge is -2.08. The van der Waals surface area contributed by atoms with Gasteiger partial charge in [0.15, 0.2) is 11.5 Å². The number of benzene rings is 2. The highest BCUT2D eigenvalue weighted by atomic mass is 32.2. The van der Waals surface area contributed by atoms with E-state index in [1.807, 2.05) is 13.0 Å². The summed E-state index contributed by atoms with van der Waals surface area (Å²) in [5.74, 6) is 1.52. The van der Waals surface area contributed by atoms with Crippen LogP contribution < -0.4 is 9.47 Å². The first-order valence-corrected chi connectivity index (χ1v) is 8.86. The molecule has 1 aromatic heterocycles. The van der Waals surface area contributed by atoms with E-state index in [1.165, 1.54) is 17.8 Å². The smallest absolute Gasteiger partial charge is 0.277 e. The Hall–Kier alpha value is -3.07. The van der Waals surface area contributed by atoms with Gasteiger partial charge in [-0.25, -0.2) is 0 Å². The summed E-state index contributed by atoms with van der Waals surface area (Å²) >= 11 is 1.33. The summed E-state index contributed by atoms with van der Waals surface area (Å²) < 4.78 is 16.2. The summed E-state index contributed by atoms with van der Waals surface area (Å²) in [5.41, 5.74) is 1.56. The maximum absolute atomic E-state index is 10.9. The Kier molecular flexibility index (Phi) is 5.60. The van der Waals surface area contributed by atoms with Crippen molar-refractivity contribution in [3.8, 4) is 23.0 Å². The Morgan fingerprint density at radius 2 is 1.89 bits per heavy atom. The zero-order valence-corrected chi connectivity index (χ0v) is 15.7. The Morgan fingerprint density at radius 3 is 2.59 bits per heavy atom. The third kappa shape index (κ3) is 4.20. The van der Waals surface area contributed by atoms with Crippen LogP contribution in [0.25, 0.3) is 11.5 Å². The summed E-state index contributed by atoms with van der Waals surface area (Å²) in [6, 6.07) is 11.8. The number of hydrogen-bond donors (Lipinski definition) is 0. The number of ether oxygens (including phenoxy) is 2. The highest BCUT2D eigenvalue weighted by molar-refractivity contribution is 7.99. The molecule has 27 heavy (non-hydrogen) atoms. The van der Waals surface area contributed by atoms with E-state index in [1.54, 1.807) is 44.6 Å². The van der Waals surface area contributed by atoms with Crippen molar-refractivity contribution in [2.45, 2.75) is 17.4 Å². The largest absolute Gasteiger partial charge is 0.493 e. The quantitative estimate of drug-likeness (QED) is 0.331. The maximum atomic E-state index is 10.9. The van der Waals surface area contributed by atoms with Crippen molar-refractivity contribution < 1.29 is 18.8 Å². The van der Waals surface area contributed by atoms with E-state index >= 15 is 0 Å². The molecule has 0 unspecified atom stereocenters. The van der Waals surface area contributed by atoms with Crippen LogP contribution in [0, 0.1) is 10.1 Å². The first-order chi connectivity index (χ1) is 13.0. The fraction of sp³-hybridized carbons (Fsp3) is 0.222. The van der Waals surface area contributed by atoms with E-state index in [-0.39, 0.29) is 10.9 Å². The molecule has 0 fully saturated rings. The van der Waals surface area contributed by atoms with Gasteiger partial charge in [0.05, 0.1) is 19.1 Å². The molecule has 3 rings (SSSR count). The minimum absolute atomic E-state index is 0.0523. The molecule has 0 N–H and O–H groups in total. The average molecular weight is 387 g/mol. The van der Waals surface area contributed by atoms with Crippen LogP contribution in [0.5, 0.6) is 11.5 Å². The lowest BCUT2D eigenvalue weighted by atomic mass is 10.1. The molecule has 0 saturated heterocycles. The molecule has 1 heterocycles. The molecular formula is C18H17N3O5S. The van der Waals surface area contributed by atoms with Gasteiger partial charge in [-0.05, 0) is 30.7 Å². The Balaban J connectivity index is 1.78. The molecule has 1 atom stereocenters. The first-order valence-electron chi connectivity index (χ1n) is 7.98. The van der Waals surface area contributed by atoms with E-state index < -0.39 is 4.92 Å². The lowest BCUT2D eigenvalue weighted by molar-refractivity contribution is -0.384. The molecule has 0 radical (unpaired) electrons. The molecule has 140 valence electrons. The van der Waals surface area contributed by atoms with Gasteiger partial charge in [-0.15, -0.1) is 10.2 Å². The number of rotatable bonds is 7. The number of thioether (sulfide) groups is 1. The van der Waals surface area contributed by atoms with Crippen molar-refractivity contribution >= 4 is 17.4 Å². The topological polar surface area (TPSA) is 101 Å². The van der Waals surface area contributed by atoms with Gasteiger partial charge in [-0.1, -0.05) is 23.9 Å². The Morgan fingerprint density at radius 1 is 1.11 bits per heavy atom. The monoisotopic (exact) mass is 387 g/mol. The minimum Gasteiger partial charge on any atom is -0.493 e. The molecule has 8 nitrogen and oxygen atoms in total. The van der Waals surface area contributed by atoms with E-state index in [0.29, 0.717) is 28.2 Å². The molecular weight excluding hydrogens is 370 g/mol. The number of non-ortho nitro benzene ring substituents is 1. The second kappa shape index (κ2) is 8.09.